The second-order valence-corrected chi connectivity index (χ2v) is 10.1. The minimum Gasteiger partial charge on any atom is -0.508 e. The molecule has 198 valence electrons. The normalized spacial score (nSPS) is 37.3. The van der Waals surface area contributed by atoms with Crippen LogP contribution < -0.4 is 0 Å². The van der Waals surface area contributed by atoms with Gasteiger partial charge in [0.15, 0.2) is 6.29 Å². The molecule has 6 N–H and O–H groups in total. The summed E-state index contributed by atoms with van der Waals surface area (Å²) in [6.45, 7) is 3.89. The van der Waals surface area contributed by atoms with Gasteiger partial charge in [-0.15, -0.1) is 6.58 Å². The first-order valence-electron chi connectivity index (χ1n) is 12.4. The monoisotopic (exact) mass is 514 g/mol. The molecule has 9 unspecified atom stereocenters. The molecule has 2 aromatic rings. The summed E-state index contributed by atoms with van der Waals surface area (Å²) in [6, 6.07) is 4.97. The van der Waals surface area contributed by atoms with E-state index in [1.54, 1.807) is 18.2 Å². The molecule has 0 saturated carbocycles. The van der Waals surface area contributed by atoms with E-state index in [0.717, 1.165) is 22.2 Å². The highest BCUT2D eigenvalue weighted by atomic mass is 16.8. The third-order valence-corrected chi connectivity index (χ3v) is 8.12. The third-order valence-electron chi connectivity index (χ3n) is 8.12. The number of hydrogen-bond acceptors (Lipinski definition) is 9. The lowest BCUT2D eigenvalue weighted by atomic mass is 9.74. The fourth-order valence-electron chi connectivity index (χ4n) is 6.17. The molecule has 1 amide bonds. The summed E-state index contributed by atoms with van der Waals surface area (Å²) in [5.74, 6) is -0.740. The number of benzene rings is 1. The van der Waals surface area contributed by atoms with Gasteiger partial charge in [0, 0.05) is 35.0 Å². The third kappa shape index (κ3) is 3.77. The Balaban J connectivity index is 1.29. The average Bonchev–Trinajstić information content (AvgIpc) is 3.27. The molecule has 5 heterocycles. The van der Waals surface area contributed by atoms with E-state index in [1.807, 2.05) is 11.0 Å². The molecule has 0 aliphatic carbocycles. The number of amides is 1. The van der Waals surface area contributed by atoms with Crippen LogP contribution in [0, 0.1) is 11.8 Å². The van der Waals surface area contributed by atoms with Crippen LogP contribution in [-0.4, -0.2) is 91.5 Å². The predicted octanol–water partition coefficient (Wildman–Crippen LogP) is 0.178. The standard InChI is InChI=1S/C26H30N2O9/c1-2-12-14-8-18-20-13(15-7-11(30)3-4-17(15)27-20)5-6-28(18)24(34)16(14)10-35-25(12)37-26-23(33)22(32)21(31)19(9-29)36-26/h2-4,7,10,12,14,18-19,21-23,25-27,29-33H,1,5-6,8-9H2. The molecule has 1 aromatic carbocycles. The predicted molar refractivity (Wildman–Crippen MR) is 128 cm³/mol. The zero-order valence-corrected chi connectivity index (χ0v) is 19.9. The fraction of sp³-hybridized carbons (Fsp3) is 0.500. The van der Waals surface area contributed by atoms with Crippen molar-refractivity contribution in [2.24, 2.45) is 11.8 Å². The van der Waals surface area contributed by atoms with Gasteiger partial charge in [0.1, 0.15) is 30.2 Å². The van der Waals surface area contributed by atoms with Gasteiger partial charge in [0.05, 0.1) is 24.5 Å². The van der Waals surface area contributed by atoms with E-state index in [1.165, 1.54) is 6.26 Å². The first-order valence-corrected chi connectivity index (χ1v) is 12.4. The molecule has 11 heteroatoms. The van der Waals surface area contributed by atoms with Crippen molar-refractivity contribution < 1.29 is 44.5 Å². The summed E-state index contributed by atoms with van der Waals surface area (Å²) >= 11 is 0. The second-order valence-electron chi connectivity index (χ2n) is 10.1. The Morgan fingerprint density at radius 2 is 2.00 bits per heavy atom. The van der Waals surface area contributed by atoms with Crippen LogP contribution in [0.5, 0.6) is 5.75 Å². The maximum absolute atomic E-state index is 13.5. The van der Waals surface area contributed by atoms with Gasteiger partial charge in [0.25, 0.3) is 5.91 Å². The maximum Gasteiger partial charge on any atom is 0.253 e. The number of aromatic nitrogens is 1. The lowest BCUT2D eigenvalue weighted by Gasteiger charge is -2.48. The molecule has 11 nitrogen and oxygen atoms in total. The van der Waals surface area contributed by atoms with Crippen LogP contribution in [0.15, 0.2) is 42.7 Å². The number of aliphatic hydroxyl groups excluding tert-OH is 4. The topological polar surface area (TPSA) is 165 Å². The van der Waals surface area contributed by atoms with Crippen LogP contribution in [0.1, 0.15) is 23.7 Å². The van der Waals surface area contributed by atoms with Crippen LogP contribution in [0.3, 0.4) is 0 Å². The van der Waals surface area contributed by atoms with Crippen molar-refractivity contribution >= 4 is 16.8 Å². The van der Waals surface area contributed by atoms with Crippen molar-refractivity contribution in [2.45, 2.75) is 55.9 Å². The number of fused-ring (bicyclic) bond motifs is 6. The van der Waals surface area contributed by atoms with E-state index >= 15 is 0 Å². The van der Waals surface area contributed by atoms with E-state index < -0.39 is 49.5 Å². The number of nitrogens with zero attached hydrogens (tertiary/aromatic N) is 1. The van der Waals surface area contributed by atoms with Crippen molar-refractivity contribution in [2.75, 3.05) is 13.2 Å². The SMILES string of the molecule is C=CC1C(OC2OC(CO)C(O)C(O)C2O)OC=C2C(=O)N3CCc4c([nH]c5ccc(O)cc45)C3CC21. The molecule has 0 radical (unpaired) electrons. The zero-order valence-electron chi connectivity index (χ0n) is 19.9. The number of piperidine rings is 1. The van der Waals surface area contributed by atoms with Crippen molar-refractivity contribution in [1.82, 2.24) is 9.88 Å². The number of nitrogens with one attached hydrogen (secondary N) is 1. The Labute approximate surface area is 212 Å². The minimum absolute atomic E-state index is 0.133. The molecule has 2 fully saturated rings. The number of phenolic OH excluding ortho intramolecular Hbond substituents is 1. The lowest BCUT2D eigenvalue weighted by molar-refractivity contribution is -0.339. The molecule has 37 heavy (non-hydrogen) atoms. The van der Waals surface area contributed by atoms with Crippen molar-refractivity contribution in [3.63, 3.8) is 0 Å². The number of aromatic hydroxyl groups is 1. The van der Waals surface area contributed by atoms with E-state index in [-0.39, 0.29) is 23.6 Å². The molecular weight excluding hydrogens is 484 g/mol. The van der Waals surface area contributed by atoms with Crippen LogP contribution >= 0.6 is 0 Å². The van der Waals surface area contributed by atoms with Gasteiger partial charge in [-0.1, -0.05) is 6.08 Å². The number of ether oxygens (including phenoxy) is 3. The number of rotatable bonds is 4. The van der Waals surface area contributed by atoms with Crippen molar-refractivity contribution in [3.8, 4) is 5.75 Å². The molecule has 2 saturated heterocycles. The zero-order chi connectivity index (χ0) is 26.0. The van der Waals surface area contributed by atoms with E-state index in [0.29, 0.717) is 25.0 Å². The van der Waals surface area contributed by atoms with Crippen molar-refractivity contribution in [1.29, 1.82) is 0 Å². The van der Waals surface area contributed by atoms with Crippen LogP contribution in [0.25, 0.3) is 10.9 Å². The number of carbonyl (C=O) groups is 1. The molecule has 4 aliphatic heterocycles. The van der Waals surface area contributed by atoms with Gasteiger partial charge in [0.2, 0.25) is 6.29 Å². The van der Waals surface area contributed by atoms with Gasteiger partial charge in [-0.3, -0.25) is 4.79 Å². The van der Waals surface area contributed by atoms with Crippen LogP contribution in [-0.2, 0) is 25.4 Å². The Kier molecular flexibility index (Phi) is 6.02. The summed E-state index contributed by atoms with van der Waals surface area (Å²) in [7, 11) is 0. The summed E-state index contributed by atoms with van der Waals surface area (Å²) in [4.78, 5) is 18.8. The largest absolute Gasteiger partial charge is 0.508 e. The molecule has 1 aromatic heterocycles. The summed E-state index contributed by atoms with van der Waals surface area (Å²) in [5.41, 5.74) is 3.44. The molecule has 9 atom stereocenters. The molecule has 0 spiro atoms. The average molecular weight is 515 g/mol. The van der Waals surface area contributed by atoms with Crippen LogP contribution in [0.4, 0.5) is 0 Å². The van der Waals surface area contributed by atoms with Gasteiger partial charge < -0.3 is 49.6 Å². The molecule has 6 rings (SSSR count). The van der Waals surface area contributed by atoms with Crippen LogP contribution in [0.2, 0.25) is 0 Å². The van der Waals surface area contributed by atoms with Gasteiger partial charge in [-0.2, -0.15) is 0 Å². The Morgan fingerprint density at radius 3 is 2.76 bits per heavy atom. The van der Waals surface area contributed by atoms with E-state index in [4.69, 9.17) is 14.2 Å². The van der Waals surface area contributed by atoms with Gasteiger partial charge in [-0.25, -0.2) is 0 Å². The Hall–Kier alpha value is -2.93. The van der Waals surface area contributed by atoms with E-state index in [9.17, 15) is 30.3 Å². The fourth-order valence-corrected chi connectivity index (χ4v) is 6.17. The molecule has 4 aliphatic rings. The minimum atomic E-state index is -1.58. The molecule has 0 bridgehead atoms. The quantitative estimate of drug-likeness (QED) is 0.312. The summed E-state index contributed by atoms with van der Waals surface area (Å²) in [5, 5.41) is 51.0. The number of aromatic amines is 1. The smallest absolute Gasteiger partial charge is 0.253 e. The number of aliphatic hydroxyl groups is 4. The Morgan fingerprint density at radius 1 is 1.19 bits per heavy atom. The summed E-state index contributed by atoms with van der Waals surface area (Å²) in [6.07, 6.45) is -3.90. The highest BCUT2D eigenvalue weighted by Crippen LogP contribution is 2.48. The Bertz CT molecular complexity index is 1260. The highest BCUT2D eigenvalue weighted by Gasteiger charge is 2.51. The van der Waals surface area contributed by atoms with Crippen molar-refractivity contribution in [3.05, 3.63) is 53.9 Å². The van der Waals surface area contributed by atoms with Gasteiger partial charge in [-0.05, 0) is 36.6 Å². The number of phenols is 1. The first-order chi connectivity index (χ1) is 17.8. The number of hydrogen-bond donors (Lipinski definition) is 6. The second kappa shape index (κ2) is 9.12. The maximum atomic E-state index is 13.5. The first kappa shape index (κ1) is 24.4. The summed E-state index contributed by atoms with van der Waals surface area (Å²) < 4.78 is 17.2. The number of carbonyl (C=O) groups excluding carboxylic acids is 1. The van der Waals surface area contributed by atoms with Gasteiger partial charge >= 0.3 is 0 Å². The lowest BCUT2D eigenvalue weighted by Crippen LogP contribution is -2.60. The van der Waals surface area contributed by atoms with E-state index in [2.05, 4.69) is 11.6 Å². The number of H-pyrrole nitrogens is 1. The molecular formula is C26H30N2O9. The highest BCUT2D eigenvalue weighted by molar-refractivity contribution is 5.96.